The van der Waals surface area contributed by atoms with Gasteiger partial charge in [-0.3, -0.25) is 0 Å². The Morgan fingerprint density at radius 2 is 1.74 bits per heavy atom. The molecule has 0 amide bonds. The lowest BCUT2D eigenvalue weighted by atomic mass is 9.92. The summed E-state index contributed by atoms with van der Waals surface area (Å²) < 4.78 is 34.2. The molecule has 0 unspecified atom stereocenters. The molecule has 23 heavy (non-hydrogen) atoms. The van der Waals surface area contributed by atoms with Gasteiger partial charge in [0.2, 0.25) is 5.76 Å². The third-order valence-corrected chi connectivity index (χ3v) is 4.62. The van der Waals surface area contributed by atoms with Crippen LogP contribution in [0.15, 0.2) is 34.9 Å². The fourth-order valence-electron chi connectivity index (χ4n) is 2.43. The number of rotatable bonds is 5. The van der Waals surface area contributed by atoms with E-state index in [-0.39, 0.29) is 16.6 Å². The van der Waals surface area contributed by atoms with E-state index in [1.807, 2.05) is 13.8 Å². The van der Waals surface area contributed by atoms with Crippen molar-refractivity contribution >= 4 is 21.4 Å². The maximum Gasteiger partial charge on any atom is 0.374 e. The molecule has 0 aliphatic carbocycles. The van der Waals surface area contributed by atoms with Crippen molar-refractivity contribution in [1.29, 1.82) is 0 Å². The third kappa shape index (κ3) is 3.75. The SMILES string of the molecule is CC(C)COC1=C(c2ccc(S(C)(=O)=O)cc2)C(C)(C)OC1=O. The Morgan fingerprint density at radius 1 is 1.17 bits per heavy atom. The van der Waals surface area contributed by atoms with E-state index in [9.17, 15) is 13.2 Å². The van der Waals surface area contributed by atoms with Gasteiger partial charge in [0.05, 0.1) is 17.1 Å². The summed E-state index contributed by atoms with van der Waals surface area (Å²) in [5.74, 6) is -0.0125. The Morgan fingerprint density at radius 3 is 2.22 bits per heavy atom. The van der Waals surface area contributed by atoms with Crippen LogP contribution >= 0.6 is 0 Å². The smallest absolute Gasteiger partial charge is 0.374 e. The van der Waals surface area contributed by atoms with E-state index in [0.717, 1.165) is 6.26 Å². The highest BCUT2D eigenvalue weighted by atomic mass is 32.2. The number of benzene rings is 1. The first-order chi connectivity index (χ1) is 10.5. The van der Waals surface area contributed by atoms with Crippen molar-refractivity contribution in [3.05, 3.63) is 35.6 Å². The quantitative estimate of drug-likeness (QED) is 0.772. The van der Waals surface area contributed by atoms with Gasteiger partial charge in [0.25, 0.3) is 0 Å². The van der Waals surface area contributed by atoms with Crippen molar-refractivity contribution in [3.63, 3.8) is 0 Å². The Kier molecular flexibility index (Phi) is 4.57. The minimum atomic E-state index is -3.26. The molecule has 5 nitrogen and oxygen atoms in total. The molecule has 0 spiro atoms. The molecule has 0 radical (unpaired) electrons. The molecule has 0 fully saturated rings. The van der Waals surface area contributed by atoms with E-state index in [4.69, 9.17) is 9.47 Å². The minimum Gasteiger partial charge on any atom is -0.486 e. The minimum absolute atomic E-state index is 0.204. The van der Waals surface area contributed by atoms with Crippen molar-refractivity contribution in [1.82, 2.24) is 0 Å². The summed E-state index contributed by atoms with van der Waals surface area (Å²) >= 11 is 0. The molecule has 0 N–H and O–H groups in total. The molecule has 0 aromatic heterocycles. The summed E-state index contributed by atoms with van der Waals surface area (Å²) in [5, 5.41) is 0. The van der Waals surface area contributed by atoms with E-state index >= 15 is 0 Å². The summed E-state index contributed by atoms with van der Waals surface area (Å²) in [6.45, 7) is 7.97. The molecular formula is C17H22O5S. The van der Waals surface area contributed by atoms with Crippen LogP contribution in [0.1, 0.15) is 33.3 Å². The highest BCUT2D eigenvalue weighted by molar-refractivity contribution is 7.90. The van der Waals surface area contributed by atoms with Crippen molar-refractivity contribution in [2.24, 2.45) is 5.92 Å². The first kappa shape index (κ1) is 17.5. The van der Waals surface area contributed by atoms with Crippen LogP contribution in [0, 0.1) is 5.92 Å². The molecule has 6 heteroatoms. The van der Waals surface area contributed by atoms with Crippen LogP contribution < -0.4 is 0 Å². The van der Waals surface area contributed by atoms with Gasteiger partial charge in [-0.25, -0.2) is 13.2 Å². The van der Waals surface area contributed by atoms with E-state index in [0.29, 0.717) is 17.7 Å². The average molecular weight is 338 g/mol. The molecule has 0 saturated carbocycles. The summed E-state index contributed by atoms with van der Waals surface area (Å²) in [5.41, 5.74) is 0.533. The van der Waals surface area contributed by atoms with Crippen molar-refractivity contribution < 1.29 is 22.7 Å². The number of esters is 1. The summed E-state index contributed by atoms with van der Waals surface area (Å²) in [4.78, 5) is 12.3. The van der Waals surface area contributed by atoms with Crippen molar-refractivity contribution in [2.75, 3.05) is 12.9 Å². The zero-order valence-electron chi connectivity index (χ0n) is 14.0. The Hall–Kier alpha value is -1.82. The van der Waals surface area contributed by atoms with E-state index in [1.165, 1.54) is 12.1 Å². The van der Waals surface area contributed by atoms with Gasteiger partial charge < -0.3 is 9.47 Å². The van der Waals surface area contributed by atoms with Gasteiger partial charge in [-0.05, 0) is 37.5 Å². The van der Waals surface area contributed by atoms with E-state index in [1.54, 1.807) is 26.0 Å². The van der Waals surface area contributed by atoms with Gasteiger partial charge in [-0.2, -0.15) is 0 Å². The summed E-state index contributed by atoms with van der Waals surface area (Å²) in [6, 6.07) is 6.40. The molecule has 1 aromatic carbocycles. The lowest BCUT2D eigenvalue weighted by Gasteiger charge is -2.21. The maximum atomic E-state index is 12.1. The molecule has 0 atom stereocenters. The lowest BCUT2D eigenvalue weighted by Crippen LogP contribution is -2.22. The second-order valence-corrected chi connectivity index (χ2v) is 8.62. The zero-order valence-corrected chi connectivity index (χ0v) is 14.9. The maximum absolute atomic E-state index is 12.1. The van der Waals surface area contributed by atoms with Gasteiger partial charge >= 0.3 is 5.97 Å². The zero-order chi connectivity index (χ0) is 17.4. The van der Waals surface area contributed by atoms with Crippen LogP contribution in [0.2, 0.25) is 0 Å². The average Bonchev–Trinajstić information content (AvgIpc) is 2.64. The highest BCUT2D eigenvalue weighted by Crippen LogP contribution is 2.40. The Bertz CT molecular complexity index is 740. The van der Waals surface area contributed by atoms with Gasteiger partial charge in [-0.15, -0.1) is 0 Å². The number of hydrogen-bond donors (Lipinski definition) is 0. The molecule has 2 rings (SSSR count). The van der Waals surface area contributed by atoms with Gasteiger partial charge in [0.15, 0.2) is 9.84 Å². The third-order valence-electron chi connectivity index (χ3n) is 3.49. The highest BCUT2D eigenvalue weighted by Gasteiger charge is 2.42. The number of ether oxygens (including phenoxy) is 2. The molecule has 0 saturated heterocycles. The number of cyclic esters (lactones) is 1. The number of sulfone groups is 1. The van der Waals surface area contributed by atoms with Crippen LogP contribution in [0.3, 0.4) is 0 Å². The standard InChI is InChI=1S/C17H22O5S/c1-11(2)10-21-15-14(17(3,4)22-16(15)18)12-6-8-13(9-7-12)23(5,19)20/h6-9,11H,10H2,1-5H3. The summed E-state index contributed by atoms with van der Waals surface area (Å²) in [6.07, 6.45) is 1.16. The van der Waals surface area contributed by atoms with Gasteiger partial charge in [0.1, 0.15) is 5.60 Å². The largest absolute Gasteiger partial charge is 0.486 e. The predicted octanol–water partition coefficient (Wildman–Crippen LogP) is 2.81. The lowest BCUT2D eigenvalue weighted by molar-refractivity contribution is -0.147. The number of hydrogen-bond acceptors (Lipinski definition) is 5. The van der Waals surface area contributed by atoms with Crippen molar-refractivity contribution in [3.8, 4) is 0 Å². The first-order valence-electron chi connectivity index (χ1n) is 7.44. The molecule has 1 heterocycles. The van der Waals surface area contributed by atoms with Gasteiger partial charge in [-0.1, -0.05) is 26.0 Å². The fourth-order valence-corrected chi connectivity index (χ4v) is 3.06. The topological polar surface area (TPSA) is 69.7 Å². The second-order valence-electron chi connectivity index (χ2n) is 6.61. The molecular weight excluding hydrogens is 316 g/mol. The van der Waals surface area contributed by atoms with Crippen LogP contribution in [0.4, 0.5) is 0 Å². The van der Waals surface area contributed by atoms with Crippen LogP contribution in [-0.2, 0) is 24.1 Å². The summed E-state index contributed by atoms with van der Waals surface area (Å²) in [7, 11) is -3.26. The second kappa shape index (κ2) is 6.00. The Labute approximate surface area is 137 Å². The van der Waals surface area contributed by atoms with E-state index < -0.39 is 21.4 Å². The molecule has 1 aliphatic rings. The van der Waals surface area contributed by atoms with Crippen LogP contribution in [0.5, 0.6) is 0 Å². The van der Waals surface area contributed by atoms with Crippen LogP contribution in [-0.4, -0.2) is 32.9 Å². The number of carbonyl (C=O) groups excluding carboxylic acids is 1. The molecule has 1 aromatic rings. The first-order valence-corrected chi connectivity index (χ1v) is 9.33. The predicted molar refractivity (Wildman–Crippen MR) is 87.4 cm³/mol. The van der Waals surface area contributed by atoms with Crippen LogP contribution in [0.25, 0.3) is 5.57 Å². The monoisotopic (exact) mass is 338 g/mol. The van der Waals surface area contributed by atoms with Crippen molar-refractivity contribution in [2.45, 2.75) is 38.2 Å². The van der Waals surface area contributed by atoms with E-state index in [2.05, 4.69) is 0 Å². The van der Waals surface area contributed by atoms with Gasteiger partial charge in [0, 0.05) is 6.26 Å². The Balaban J connectivity index is 2.48. The number of carbonyl (C=O) groups is 1. The molecule has 1 aliphatic heterocycles. The molecule has 126 valence electrons. The normalized spacial score (nSPS) is 17.6. The fraction of sp³-hybridized carbons (Fsp3) is 0.471. The molecule has 0 bridgehead atoms.